The lowest BCUT2D eigenvalue weighted by Crippen LogP contribution is -2.21. The molecule has 2 heterocycles. The highest BCUT2D eigenvalue weighted by molar-refractivity contribution is 5.40. The molecule has 3 nitrogen and oxygen atoms in total. The Morgan fingerprint density at radius 2 is 2.35 bits per heavy atom. The minimum atomic E-state index is 0.386. The zero-order valence-corrected chi connectivity index (χ0v) is 10.4. The van der Waals surface area contributed by atoms with Gasteiger partial charge in [-0.3, -0.25) is 0 Å². The summed E-state index contributed by atoms with van der Waals surface area (Å²) in [6.07, 6.45) is 5.17. The van der Waals surface area contributed by atoms with Crippen LogP contribution in [0.15, 0.2) is 12.1 Å². The van der Waals surface area contributed by atoms with Gasteiger partial charge in [-0.15, -0.1) is 0 Å². The highest BCUT2D eigenvalue weighted by atomic mass is 16.5. The molecule has 17 heavy (non-hydrogen) atoms. The summed E-state index contributed by atoms with van der Waals surface area (Å²) in [6, 6.07) is 4.34. The van der Waals surface area contributed by atoms with Gasteiger partial charge in [0, 0.05) is 24.8 Å². The Hall–Kier alpha value is -1.09. The Kier molecular flexibility index (Phi) is 3.02. The van der Waals surface area contributed by atoms with E-state index < -0.39 is 0 Å². The lowest BCUT2D eigenvalue weighted by molar-refractivity contribution is 0.108. The number of aromatic nitrogens is 1. The van der Waals surface area contributed by atoms with Crippen LogP contribution in [0, 0.1) is 5.92 Å². The number of fused-ring (bicyclic) bond motifs is 1. The van der Waals surface area contributed by atoms with E-state index in [1.54, 1.807) is 0 Å². The maximum absolute atomic E-state index is 5.57. The van der Waals surface area contributed by atoms with E-state index in [-0.39, 0.29) is 0 Å². The molecule has 1 N–H and O–H groups in total. The summed E-state index contributed by atoms with van der Waals surface area (Å²) in [7, 11) is 0. The third kappa shape index (κ3) is 2.29. The number of hydrogen-bond donors (Lipinski definition) is 1. The Balaban J connectivity index is 1.61. The van der Waals surface area contributed by atoms with Crippen molar-refractivity contribution in [2.24, 2.45) is 5.92 Å². The monoisotopic (exact) mass is 232 g/mol. The van der Waals surface area contributed by atoms with Gasteiger partial charge in [0.2, 0.25) is 0 Å². The van der Waals surface area contributed by atoms with Crippen LogP contribution in [0.4, 0.5) is 5.82 Å². The molecule has 3 heteroatoms. The van der Waals surface area contributed by atoms with Crippen LogP contribution >= 0.6 is 0 Å². The molecule has 0 aromatic carbocycles. The first-order valence-corrected chi connectivity index (χ1v) is 6.67. The Morgan fingerprint density at radius 3 is 3.18 bits per heavy atom. The van der Waals surface area contributed by atoms with Gasteiger partial charge in [0.15, 0.2) is 0 Å². The Bertz CT molecular complexity index is 405. The van der Waals surface area contributed by atoms with E-state index in [1.807, 2.05) is 0 Å². The van der Waals surface area contributed by atoms with Gasteiger partial charge in [0.1, 0.15) is 5.82 Å². The summed E-state index contributed by atoms with van der Waals surface area (Å²) in [5, 5.41) is 3.46. The number of hydrogen-bond acceptors (Lipinski definition) is 3. The normalized spacial score (nSPS) is 27.1. The fourth-order valence-corrected chi connectivity index (χ4v) is 2.80. The van der Waals surface area contributed by atoms with Gasteiger partial charge in [-0.1, -0.05) is 6.07 Å². The van der Waals surface area contributed by atoms with Crippen LogP contribution in [0.5, 0.6) is 0 Å². The fraction of sp³-hybridized carbons (Fsp3) is 0.643. The lowest BCUT2D eigenvalue weighted by atomic mass is 10.0. The Labute approximate surface area is 103 Å². The third-order valence-electron chi connectivity index (χ3n) is 4.01. The predicted octanol–water partition coefficient (Wildman–Crippen LogP) is 2.41. The van der Waals surface area contributed by atoms with E-state index in [9.17, 15) is 0 Å². The summed E-state index contributed by atoms with van der Waals surface area (Å²) >= 11 is 0. The lowest BCUT2D eigenvalue weighted by Gasteiger charge is -2.15. The van der Waals surface area contributed by atoms with Crippen molar-refractivity contribution in [2.45, 2.75) is 38.7 Å². The number of nitrogens with one attached hydrogen (secondary N) is 1. The van der Waals surface area contributed by atoms with E-state index in [0.717, 1.165) is 25.4 Å². The topological polar surface area (TPSA) is 34.1 Å². The second-order valence-electron chi connectivity index (χ2n) is 5.16. The number of pyridine rings is 1. The highest BCUT2D eigenvalue weighted by Gasteiger charge is 2.23. The summed E-state index contributed by atoms with van der Waals surface area (Å²) in [6.45, 7) is 4.05. The van der Waals surface area contributed by atoms with Crippen molar-refractivity contribution in [3.63, 3.8) is 0 Å². The molecule has 0 bridgehead atoms. The number of aryl methyl sites for hydroxylation is 2. The molecule has 2 atom stereocenters. The maximum atomic E-state index is 5.57. The van der Waals surface area contributed by atoms with Gasteiger partial charge < -0.3 is 10.1 Å². The fourth-order valence-electron chi connectivity index (χ4n) is 2.80. The molecule has 2 aliphatic rings. The van der Waals surface area contributed by atoms with Crippen LogP contribution in [0.3, 0.4) is 0 Å². The predicted molar refractivity (Wildman–Crippen MR) is 68.3 cm³/mol. The van der Waals surface area contributed by atoms with E-state index in [4.69, 9.17) is 4.74 Å². The number of anilines is 1. The van der Waals surface area contributed by atoms with Crippen LogP contribution in [-0.2, 0) is 17.6 Å². The molecule has 1 saturated heterocycles. The van der Waals surface area contributed by atoms with Crippen LogP contribution < -0.4 is 5.32 Å². The van der Waals surface area contributed by atoms with Crippen molar-refractivity contribution in [3.8, 4) is 0 Å². The van der Waals surface area contributed by atoms with Crippen molar-refractivity contribution in [2.75, 3.05) is 18.5 Å². The second-order valence-corrected chi connectivity index (χ2v) is 5.16. The average Bonchev–Trinajstić information content (AvgIpc) is 2.94. The van der Waals surface area contributed by atoms with Crippen LogP contribution in [0.1, 0.15) is 31.0 Å². The van der Waals surface area contributed by atoms with Gasteiger partial charge in [-0.05, 0) is 44.2 Å². The molecule has 1 aliphatic heterocycles. The van der Waals surface area contributed by atoms with Crippen LogP contribution in [0.2, 0.25) is 0 Å². The SMILES string of the molecule is CC1OCCC1CNc1ccc2c(n1)CCC2. The zero-order chi connectivity index (χ0) is 11.7. The maximum Gasteiger partial charge on any atom is 0.126 e. The zero-order valence-electron chi connectivity index (χ0n) is 10.4. The van der Waals surface area contributed by atoms with Gasteiger partial charge in [0.25, 0.3) is 0 Å². The van der Waals surface area contributed by atoms with Gasteiger partial charge in [-0.2, -0.15) is 0 Å². The molecule has 0 spiro atoms. The third-order valence-corrected chi connectivity index (χ3v) is 4.01. The average molecular weight is 232 g/mol. The van der Waals surface area contributed by atoms with Gasteiger partial charge in [-0.25, -0.2) is 4.98 Å². The molecule has 2 unspecified atom stereocenters. The summed E-state index contributed by atoms with van der Waals surface area (Å²) in [4.78, 5) is 4.69. The summed E-state index contributed by atoms with van der Waals surface area (Å²) < 4.78 is 5.57. The number of rotatable bonds is 3. The standard InChI is InChI=1S/C14H20N2O/c1-10-12(7-8-17-10)9-15-14-6-5-11-3-2-4-13(11)16-14/h5-6,10,12H,2-4,7-9H2,1H3,(H,15,16). The van der Waals surface area contributed by atoms with Crippen molar-refractivity contribution < 1.29 is 4.74 Å². The van der Waals surface area contributed by atoms with Crippen LogP contribution in [-0.4, -0.2) is 24.2 Å². The molecule has 1 aliphatic carbocycles. The Morgan fingerprint density at radius 1 is 1.41 bits per heavy atom. The first-order chi connectivity index (χ1) is 8.33. The molecular formula is C14H20N2O. The molecule has 0 saturated carbocycles. The van der Waals surface area contributed by atoms with E-state index in [1.165, 1.54) is 30.5 Å². The molecular weight excluding hydrogens is 212 g/mol. The largest absolute Gasteiger partial charge is 0.378 e. The smallest absolute Gasteiger partial charge is 0.126 e. The molecule has 0 amide bonds. The van der Waals surface area contributed by atoms with Gasteiger partial charge in [0.05, 0.1) is 6.10 Å². The molecule has 0 radical (unpaired) electrons. The summed E-state index contributed by atoms with van der Waals surface area (Å²) in [5.41, 5.74) is 2.74. The number of ether oxygens (including phenoxy) is 1. The van der Waals surface area contributed by atoms with E-state index >= 15 is 0 Å². The quantitative estimate of drug-likeness (QED) is 0.869. The van der Waals surface area contributed by atoms with Crippen molar-refractivity contribution >= 4 is 5.82 Å². The van der Waals surface area contributed by atoms with Crippen molar-refractivity contribution in [1.29, 1.82) is 0 Å². The van der Waals surface area contributed by atoms with E-state index in [2.05, 4.69) is 29.4 Å². The van der Waals surface area contributed by atoms with Crippen molar-refractivity contribution in [3.05, 3.63) is 23.4 Å². The highest BCUT2D eigenvalue weighted by Crippen LogP contribution is 2.23. The van der Waals surface area contributed by atoms with Crippen LogP contribution in [0.25, 0.3) is 0 Å². The van der Waals surface area contributed by atoms with Crippen molar-refractivity contribution in [1.82, 2.24) is 4.98 Å². The number of nitrogens with zero attached hydrogens (tertiary/aromatic N) is 1. The molecule has 3 rings (SSSR count). The first-order valence-electron chi connectivity index (χ1n) is 6.67. The second kappa shape index (κ2) is 4.65. The van der Waals surface area contributed by atoms with Gasteiger partial charge >= 0.3 is 0 Å². The molecule has 1 aromatic heterocycles. The minimum Gasteiger partial charge on any atom is -0.378 e. The first kappa shape index (κ1) is 11.0. The molecule has 1 fully saturated rings. The van der Waals surface area contributed by atoms with E-state index in [0.29, 0.717) is 12.0 Å². The molecule has 1 aromatic rings. The molecule has 92 valence electrons. The summed E-state index contributed by atoms with van der Waals surface area (Å²) in [5.74, 6) is 1.66. The minimum absolute atomic E-state index is 0.386.